The minimum atomic E-state index is 0. The zero-order valence-corrected chi connectivity index (χ0v) is 18.3. The lowest BCUT2D eigenvalue weighted by Gasteiger charge is -2.29. The normalized spacial score (nSPS) is 16.6. The highest BCUT2D eigenvalue weighted by atomic mass is 127. The Morgan fingerprint density at radius 1 is 1.28 bits per heavy atom. The molecule has 0 bridgehead atoms. The van der Waals surface area contributed by atoms with Crippen LogP contribution in [0.3, 0.4) is 0 Å². The molecule has 144 valence electrons. The number of methoxy groups -OCH3 is 1. The smallest absolute Gasteiger partial charge is 0.216 e. The molecule has 0 saturated heterocycles. The molecule has 7 heteroatoms. The van der Waals surface area contributed by atoms with E-state index in [2.05, 4.69) is 27.5 Å². The molecule has 0 aromatic carbocycles. The first-order chi connectivity index (χ1) is 11.6. The van der Waals surface area contributed by atoms with Crippen molar-refractivity contribution in [1.82, 2.24) is 15.6 Å². The molecule has 1 aromatic heterocycles. The first-order valence-electron chi connectivity index (χ1n) is 9.02. The molecule has 0 radical (unpaired) electrons. The van der Waals surface area contributed by atoms with E-state index in [1.807, 2.05) is 13.8 Å². The molecule has 1 saturated carbocycles. The molecule has 1 aliphatic rings. The average molecular weight is 464 g/mol. The van der Waals surface area contributed by atoms with E-state index >= 15 is 0 Å². The lowest BCUT2D eigenvalue weighted by atomic mass is 9.83. The summed E-state index contributed by atoms with van der Waals surface area (Å²) in [5, 5.41) is 6.83. The van der Waals surface area contributed by atoms with Crippen molar-refractivity contribution in [3.05, 3.63) is 17.3 Å². The highest BCUT2D eigenvalue weighted by Gasteiger charge is 2.33. The van der Waals surface area contributed by atoms with Crippen LogP contribution in [0, 0.1) is 19.3 Å². The van der Waals surface area contributed by atoms with Crippen LogP contribution < -0.4 is 10.6 Å². The van der Waals surface area contributed by atoms with Gasteiger partial charge in [-0.1, -0.05) is 12.8 Å². The predicted molar refractivity (Wildman–Crippen MR) is 112 cm³/mol. The maximum absolute atomic E-state index is 5.60. The van der Waals surface area contributed by atoms with Crippen LogP contribution in [0.2, 0.25) is 0 Å². The van der Waals surface area contributed by atoms with Crippen LogP contribution in [-0.4, -0.2) is 37.7 Å². The Kier molecular flexibility index (Phi) is 9.78. The standard InChI is InChI=1S/C18H32N4O2.HI/c1-5-19-17(20-12-16-22-14(2)15(3)24-16)21-13-18(10-11-23-4)8-6-7-9-18;/h5-13H2,1-4H3,(H2,19,20,21);1H. The maximum atomic E-state index is 5.60. The summed E-state index contributed by atoms with van der Waals surface area (Å²) in [5.41, 5.74) is 1.27. The van der Waals surface area contributed by atoms with Crippen LogP contribution in [0.25, 0.3) is 0 Å². The van der Waals surface area contributed by atoms with Gasteiger partial charge in [0.05, 0.1) is 5.69 Å². The van der Waals surface area contributed by atoms with Gasteiger partial charge in [0.1, 0.15) is 12.3 Å². The van der Waals surface area contributed by atoms with E-state index in [0.717, 1.165) is 43.5 Å². The second-order valence-corrected chi connectivity index (χ2v) is 6.75. The second kappa shape index (κ2) is 11.0. The molecule has 6 nitrogen and oxygen atoms in total. The predicted octanol–water partition coefficient (Wildman–Crippen LogP) is 3.56. The van der Waals surface area contributed by atoms with Gasteiger partial charge in [0.25, 0.3) is 0 Å². The molecule has 25 heavy (non-hydrogen) atoms. The molecule has 2 rings (SSSR count). The molecule has 2 N–H and O–H groups in total. The SMILES string of the molecule is CCNC(=NCc1nc(C)c(C)o1)NCC1(CCOC)CCCC1.I. The minimum Gasteiger partial charge on any atom is -0.444 e. The second-order valence-electron chi connectivity index (χ2n) is 6.75. The molecule has 0 aliphatic heterocycles. The molecule has 1 aromatic rings. The summed E-state index contributed by atoms with van der Waals surface area (Å²) in [6.07, 6.45) is 6.26. The number of halogens is 1. The molecular weight excluding hydrogens is 431 g/mol. The fraction of sp³-hybridized carbons (Fsp3) is 0.778. The number of ether oxygens (including phenoxy) is 1. The zero-order chi connectivity index (χ0) is 17.4. The minimum absolute atomic E-state index is 0. The lowest BCUT2D eigenvalue weighted by Crippen LogP contribution is -2.43. The summed E-state index contributed by atoms with van der Waals surface area (Å²) in [6.45, 7) is 9.01. The van der Waals surface area contributed by atoms with Crippen LogP contribution in [0.4, 0.5) is 0 Å². The summed E-state index contributed by atoms with van der Waals surface area (Å²) in [4.78, 5) is 9.01. The quantitative estimate of drug-likeness (QED) is 0.350. The number of rotatable bonds is 8. The van der Waals surface area contributed by atoms with Crippen molar-refractivity contribution in [2.45, 2.75) is 59.4 Å². The topological polar surface area (TPSA) is 71.7 Å². The number of hydrogen-bond donors (Lipinski definition) is 2. The molecule has 1 fully saturated rings. The Bertz CT molecular complexity index is 520. The van der Waals surface area contributed by atoms with E-state index < -0.39 is 0 Å². The highest BCUT2D eigenvalue weighted by Crippen LogP contribution is 2.40. The van der Waals surface area contributed by atoms with Gasteiger partial charge < -0.3 is 19.8 Å². The number of hydrogen-bond acceptors (Lipinski definition) is 4. The molecule has 0 atom stereocenters. The van der Waals surface area contributed by atoms with Gasteiger partial charge in [-0.05, 0) is 45.4 Å². The third-order valence-electron chi connectivity index (χ3n) is 4.92. The average Bonchev–Trinajstić information content (AvgIpc) is 3.16. The summed E-state index contributed by atoms with van der Waals surface area (Å²) in [7, 11) is 1.78. The van der Waals surface area contributed by atoms with Crippen LogP contribution in [-0.2, 0) is 11.3 Å². The van der Waals surface area contributed by atoms with Crippen molar-refractivity contribution in [3.8, 4) is 0 Å². The Labute approximate surface area is 168 Å². The van der Waals surface area contributed by atoms with Crippen LogP contribution >= 0.6 is 24.0 Å². The number of oxazole rings is 1. The Morgan fingerprint density at radius 2 is 2.00 bits per heavy atom. The fourth-order valence-electron chi connectivity index (χ4n) is 3.33. The molecule has 0 unspecified atom stereocenters. The summed E-state index contributed by atoms with van der Waals surface area (Å²) in [5.74, 6) is 2.36. The monoisotopic (exact) mass is 464 g/mol. The molecule has 1 aliphatic carbocycles. The number of guanidine groups is 1. The van der Waals surface area contributed by atoms with Crippen molar-refractivity contribution in [2.24, 2.45) is 10.4 Å². The van der Waals surface area contributed by atoms with E-state index in [1.165, 1.54) is 25.7 Å². The molecule has 0 amide bonds. The maximum Gasteiger partial charge on any atom is 0.216 e. The van der Waals surface area contributed by atoms with Gasteiger partial charge in [-0.15, -0.1) is 24.0 Å². The van der Waals surface area contributed by atoms with Gasteiger partial charge in [0.2, 0.25) is 5.89 Å². The molecular formula is C18H33IN4O2. The molecule has 0 spiro atoms. The number of nitrogens with one attached hydrogen (secondary N) is 2. The van der Waals surface area contributed by atoms with Crippen molar-refractivity contribution in [2.75, 3.05) is 26.8 Å². The van der Waals surface area contributed by atoms with Crippen molar-refractivity contribution < 1.29 is 9.15 Å². The van der Waals surface area contributed by atoms with E-state index in [0.29, 0.717) is 17.9 Å². The number of aromatic nitrogens is 1. The van der Waals surface area contributed by atoms with E-state index in [9.17, 15) is 0 Å². The Morgan fingerprint density at radius 3 is 2.56 bits per heavy atom. The van der Waals surface area contributed by atoms with E-state index in [4.69, 9.17) is 9.15 Å². The highest BCUT2D eigenvalue weighted by molar-refractivity contribution is 14.0. The summed E-state index contributed by atoms with van der Waals surface area (Å²) < 4.78 is 10.9. The fourth-order valence-corrected chi connectivity index (χ4v) is 3.33. The van der Waals surface area contributed by atoms with E-state index in [1.54, 1.807) is 7.11 Å². The van der Waals surface area contributed by atoms with Crippen molar-refractivity contribution in [1.29, 1.82) is 0 Å². The largest absolute Gasteiger partial charge is 0.444 e. The number of aliphatic imine (C=N–C) groups is 1. The van der Waals surface area contributed by atoms with Gasteiger partial charge in [-0.2, -0.15) is 0 Å². The van der Waals surface area contributed by atoms with Crippen LogP contribution in [0.15, 0.2) is 9.41 Å². The Hall–Kier alpha value is -0.830. The summed E-state index contributed by atoms with van der Waals surface area (Å²) >= 11 is 0. The van der Waals surface area contributed by atoms with Crippen LogP contribution in [0.1, 0.15) is 56.4 Å². The lowest BCUT2D eigenvalue weighted by molar-refractivity contribution is 0.138. The van der Waals surface area contributed by atoms with Crippen molar-refractivity contribution >= 4 is 29.9 Å². The third kappa shape index (κ3) is 6.77. The van der Waals surface area contributed by atoms with E-state index in [-0.39, 0.29) is 24.0 Å². The van der Waals surface area contributed by atoms with Crippen molar-refractivity contribution in [3.63, 3.8) is 0 Å². The van der Waals surface area contributed by atoms with Gasteiger partial charge >= 0.3 is 0 Å². The van der Waals surface area contributed by atoms with Gasteiger partial charge in [0, 0.05) is 26.8 Å². The third-order valence-corrected chi connectivity index (χ3v) is 4.92. The number of nitrogens with zero attached hydrogens (tertiary/aromatic N) is 2. The van der Waals surface area contributed by atoms with Gasteiger partial charge in [-0.25, -0.2) is 9.98 Å². The summed E-state index contributed by atoms with van der Waals surface area (Å²) in [6, 6.07) is 0. The Balaban J connectivity index is 0.00000312. The first kappa shape index (κ1) is 22.2. The van der Waals surface area contributed by atoms with Gasteiger partial charge in [-0.3, -0.25) is 0 Å². The van der Waals surface area contributed by atoms with Gasteiger partial charge in [0.15, 0.2) is 5.96 Å². The molecule has 1 heterocycles. The van der Waals surface area contributed by atoms with Crippen LogP contribution in [0.5, 0.6) is 0 Å². The number of aryl methyl sites for hydroxylation is 2. The zero-order valence-electron chi connectivity index (χ0n) is 16.0. The first-order valence-corrected chi connectivity index (χ1v) is 9.02.